The normalized spacial score (nSPS) is 10.8. The van der Waals surface area contributed by atoms with Crippen LogP contribution in [0.1, 0.15) is 26.7 Å². The predicted molar refractivity (Wildman–Crippen MR) is 93.4 cm³/mol. The maximum atomic E-state index is 12.3. The molecular formula is C18H15NO9. The van der Waals surface area contributed by atoms with Crippen LogP contribution in [0.25, 0.3) is 11.0 Å². The van der Waals surface area contributed by atoms with E-state index in [1.807, 2.05) is 0 Å². The largest absolute Gasteiger partial charge is 0.460 e. The van der Waals surface area contributed by atoms with E-state index in [2.05, 4.69) is 0 Å². The summed E-state index contributed by atoms with van der Waals surface area (Å²) in [6.07, 6.45) is 0. The topological polar surface area (TPSA) is 131 Å². The Hall–Kier alpha value is -3.66. The molecule has 146 valence electrons. The van der Waals surface area contributed by atoms with Crippen LogP contribution in [0, 0.1) is 17.0 Å². The van der Waals surface area contributed by atoms with E-state index in [-0.39, 0.29) is 30.3 Å². The zero-order valence-electron chi connectivity index (χ0n) is 14.9. The van der Waals surface area contributed by atoms with Gasteiger partial charge in [-0.25, -0.2) is 9.59 Å². The molecule has 0 fully saturated rings. The van der Waals surface area contributed by atoms with Crippen LogP contribution in [0.3, 0.4) is 0 Å². The van der Waals surface area contributed by atoms with Gasteiger partial charge in [0.2, 0.25) is 5.76 Å². The van der Waals surface area contributed by atoms with Gasteiger partial charge < -0.3 is 23.0 Å². The average molecular weight is 389 g/mol. The molecule has 0 radical (unpaired) electrons. The number of nitrogens with zero attached hydrogens (tertiary/aromatic N) is 1. The first kappa shape index (κ1) is 19.1. The van der Waals surface area contributed by atoms with E-state index in [0.29, 0.717) is 16.7 Å². The van der Waals surface area contributed by atoms with Crippen LogP contribution < -0.4 is 4.74 Å². The highest BCUT2D eigenvalue weighted by Crippen LogP contribution is 2.30. The summed E-state index contributed by atoms with van der Waals surface area (Å²) in [5.41, 5.74) is 0.613. The Morgan fingerprint density at radius 3 is 2.57 bits per heavy atom. The fourth-order valence-electron chi connectivity index (χ4n) is 2.50. The Kier molecular flexibility index (Phi) is 5.41. The molecule has 0 bridgehead atoms. The first-order valence-electron chi connectivity index (χ1n) is 8.06. The van der Waals surface area contributed by atoms with Crippen molar-refractivity contribution in [2.24, 2.45) is 0 Å². The summed E-state index contributed by atoms with van der Waals surface area (Å²) in [5.74, 6) is -1.97. The molecule has 0 amide bonds. The number of benzene rings is 1. The van der Waals surface area contributed by atoms with Crippen molar-refractivity contribution in [1.82, 2.24) is 0 Å². The Morgan fingerprint density at radius 2 is 1.89 bits per heavy atom. The van der Waals surface area contributed by atoms with E-state index in [1.54, 1.807) is 6.92 Å². The zero-order valence-corrected chi connectivity index (χ0v) is 14.9. The highest BCUT2D eigenvalue weighted by Gasteiger charge is 2.22. The van der Waals surface area contributed by atoms with Crippen LogP contribution >= 0.6 is 0 Å². The molecular weight excluding hydrogens is 374 g/mol. The molecule has 0 saturated carbocycles. The van der Waals surface area contributed by atoms with Gasteiger partial charge in [-0.05, 0) is 31.2 Å². The highest BCUT2D eigenvalue weighted by molar-refractivity contribution is 6.05. The lowest BCUT2D eigenvalue weighted by molar-refractivity contribution is -0.402. The first-order chi connectivity index (χ1) is 13.4. The summed E-state index contributed by atoms with van der Waals surface area (Å²) >= 11 is 0. The SMILES string of the molecule is COCCOC(=O)c1c(C)oc2ccc(OC(=O)c3ccc([N+](=O)[O-])o3)cc12. The highest BCUT2D eigenvalue weighted by atomic mass is 16.7. The van der Waals surface area contributed by atoms with E-state index >= 15 is 0 Å². The number of carbonyl (C=O) groups excluding carboxylic acids is 2. The van der Waals surface area contributed by atoms with Gasteiger partial charge in [0.25, 0.3) is 0 Å². The van der Waals surface area contributed by atoms with Gasteiger partial charge in [-0.2, -0.15) is 0 Å². The number of esters is 2. The second kappa shape index (κ2) is 7.92. The van der Waals surface area contributed by atoms with E-state index in [4.69, 9.17) is 23.0 Å². The van der Waals surface area contributed by atoms with Crippen LogP contribution in [0.5, 0.6) is 5.75 Å². The lowest BCUT2D eigenvalue weighted by Gasteiger charge is -2.04. The number of nitro groups is 1. The quantitative estimate of drug-likeness (QED) is 0.196. The van der Waals surface area contributed by atoms with Crippen LogP contribution in [0.15, 0.2) is 39.2 Å². The average Bonchev–Trinajstić information content (AvgIpc) is 3.26. The molecule has 0 saturated heterocycles. The molecule has 0 aliphatic rings. The molecule has 2 heterocycles. The second-order valence-corrected chi connectivity index (χ2v) is 5.60. The Balaban J connectivity index is 1.84. The smallest absolute Gasteiger partial charge is 0.433 e. The summed E-state index contributed by atoms with van der Waals surface area (Å²) in [6.45, 7) is 1.94. The van der Waals surface area contributed by atoms with E-state index in [1.165, 1.54) is 25.3 Å². The van der Waals surface area contributed by atoms with Crippen molar-refractivity contribution in [3.63, 3.8) is 0 Å². The van der Waals surface area contributed by atoms with Crippen LogP contribution in [-0.2, 0) is 9.47 Å². The molecule has 10 heteroatoms. The van der Waals surface area contributed by atoms with Crippen molar-refractivity contribution in [3.05, 3.63) is 57.5 Å². The minimum absolute atomic E-state index is 0.0768. The minimum Gasteiger partial charge on any atom is -0.460 e. The van der Waals surface area contributed by atoms with Crippen molar-refractivity contribution in [1.29, 1.82) is 0 Å². The van der Waals surface area contributed by atoms with Gasteiger partial charge in [-0.3, -0.25) is 10.1 Å². The fourth-order valence-corrected chi connectivity index (χ4v) is 2.50. The summed E-state index contributed by atoms with van der Waals surface area (Å²) in [4.78, 5) is 34.3. The summed E-state index contributed by atoms with van der Waals surface area (Å²) < 4.78 is 25.5. The van der Waals surface area contributed by atoms with Crippen LogP contribution in [0.2, 0.25) is 0 Å². The van der Waals surface area contributed by atoms with Gasteiger partial charge in [0.1, 0.15) is 34.2 Å². The van der Waals surface area contributed by atoms with Gasteiger partial charge in [-0.15, -0.1) is 0 Å². The molecule has 0 aliphatic carbocycles. The molecule has 10 nitrogen and oxygen atoms in total. The van der Waals surface area contributed by atoms with Gasteiger partial charge in [0.05, 0.1) is 12.7 Å². The summed E-state index contributed by atoms with van der Waals surface area (Å²) in [5, 5.41) is 11.0. The third-order valence-electron chi connectivity index (χ3n) is 3.74. The fraction of sp³-hybridized carbons (Fsp3) is 0.222. The first-order valence-corrected chi connectivity index (χ1v) is 8.06. The second-order valence-electron chi connectivity index (χ2n) is 5.60. The molecule has 0 spiro atoms. The zero-order chi connectivity index (χ0) is 20.3. The standard InChI is InChI=1S/C18H15NO9/c1-10-16(18(21)25-8-7-24-2)12-9-11(3-4-13(12)26-10)27-17(20)14-5-6-15(28-14)19(22)23/h3-6,9H,7-8H2,1-2H3. The van der Waals surface area contributed by atoms with E-state index in [9.17, 15) is 19.7 Å². The number of rotatable bonds is 7. The number of carbonyl (C=O) groups is 2. The summed E-state index contributed by atoms with van der Waals surface area (Å²) in [7, 11) is 1.49. The monoisotopic (exact) mass is 389 g/mol. The Morgan fingerprint density at radius 1 is 1.11 bits per heavy atom. The Bertz CT molecular complexity index is 1050. The number of furan rings is 2. The van der Waals surface area contributed by atoms with E-state index in [0.717, 1.165) is 12.1 Å². The number of hydrogen-bond acceptors (Lipinski definition) is 9. The number of hydrogen-bond donors (Lipinski definition) is 0. The van der Waals surface area contributed by atoms with Crippen LogP contribution in [-0.4, -0.2) is 37.2 Å². The molecule has 0 aliphatic heterocycles. The maximum absolute atomic E-state index is 12.3. The number of fused-ring (bicyclic) bond motifs is 1. The van der Waals surface area contributed by atoms with Gasteiger partial charge >= 0.3 is 17.8 Å². The van der Waals surface area contributed by atoms with E-state index < -0.39 is 22.7 Å². The summed E-state index contributed by atoms with van der Waals surface area (Å²) in [6, 6.07) is 6.61. The predicted octanol–water partition coefficient (Wildman–Crippen LogP) is 3.26. The molecule has 2 aromatic heterocycles. The minimum atomic E-state index is -0.920. The lowest BCUT2D eigenvalue weighted by atomic mass is 10.1. The third-order valence-corrected chi connectivity index (χ3v) is 3.74. The number of ether oxygens (including phenoxy) is 3. The molecule has 0 atom stereocenters. The van der Waals surface area contributed by atoms with Crippen molar-refractivity contribution >= 4 is 28.8 Å². The van der Waals surface area contributed by atoms with Gasteiger partial charge in [0.15, 0.2) is 0 Å². The molecule has 28 heavy (non-hydrogen) atoms. The third kappa shape index (κ3) is 3.86. The molecule has 0 N–H and O–H groups in total. The Labute approximate surface area is 157 Å². The number of aryl methyl sites for hydroxylation is 1. The van der Waals surface area contributed by atoms with Crippen molar-refractivity contribution in [3.8, 4) is 5.75 Å². The van der Waals surface area contributed by atoms with Gasteiger partial charge in [0, 0.05) is 12.5 Å². The molecule has 3 aromatic rings. The van der Waals surface area contributed by atoms with Crippen molar-refractivity contribution in [2.45, 2.75) is 6.92 Å². The van der Waals surface area contributed by atoms with Crippen molar-refractivity contribution < 1.29 is 37.6 Å². The van der Waals surface area contributed by atoms with Crippen molar-refractivity contribution in [2.75, 3.05) is 20.3 Å². The molecule has 1 aromatic carbocycles. The number of methoxy groups -OCH3 is 1. The van der Waals surface area contributed by atoms with Crippen LogP contribution in [0.4, 0.5) is 5.88 Å². The molecule has 0 unspecified atom stereocenters. The molecule has 3 rings (SSSR count). The lowest BCUT2D eigenvalue weighted by Crippen LogP contribution is -2.10. The van der Waals surface area contributed by atoms with Gasteiger partial charge in [-0.1, -0.05) is 0 Å². The maximum Gasteiger partial charge on any atom is 0.433 e.